The lowest BCUT2D eigenvalue weighted by Crippen LogP contribution is -2.32. The maximum Gasteiger partial charge on any atom is 0.294 e. The number of aliphatic hydroxyl groups excluding tert-OH is 1. The number of carbonyl (C=O) groups excluding carboxylic acids is 2. The van der Waals surface area contributed by atoms with Gasteiger partial charge < -0.3 is 14.7 Å². The van der Waals surface area contributed by atoms with Gasteiger partial charge >= 0.3 is 0 Å². The normalized spacial score (nSPS) is 18.2. The Morgan fingerprint density at radius 2 is 1.88 bits per heavy atom. The molecule has 7 nitrogen and oxygen atoms in total. The summed E-state index contributed by atoms with van der Waals surface area (Å²) >= 11 is 0. The molecule has 0 bridgehead atoms. The van der Waals surface area contributed by atoms with Crippen LogP contribution in [0.25, 0.3) is 0 Å². The smallest absolute Gasteiger partial charge is 0.294 e. The summed E-state index contributed by atoms with van der Waals surface area (Å²) in [7, 11) is 0. The van der Waals surface area contributed by atoms with Gasteiger partial charge in [-0.1, -0.05) is 74.9 Å². The second-order valence-corrected chi connectivity index (χ2v) is 9.00. The third-order valence-electron chi connectivity index (χ3n) is 5.57. The lowest BCUT2D eigenvalue weighted by Gasteiger charge is -2.30. The van der Waals surface area contributed by atoms with Gasteiger partial charge in [-0.2, -0.15) is 0 Å². The fourth-order valence-corrected chi connectivity index (χ4v) is 3.80. The molecule has 1 aliphatic carbocycles. The van der Waals surface area contributed by atoms with Crippen LogP contribution in [0.5, 0.6) is 5.75 Å². The molecule has 0 saturated carbocycles. The molecule has 1 aromatic heterocycles. The van der Waals surface area contributed by atoms with E-state index in [9.17, 15) is 19.8 Å². The van der Waals surface area contributed by atoms with Crippen molar-refractivity contribution in [3.8, 4) is 5.75 Å². The van der Waals surface area contributed by atoms with Crippen molar-refractivity contribution >= 4 is 11.7 Å². The molecule has 2 aliphatic rings. The quantitative estimate of drug-likeness (QED) is 0.617. The summed E-state index contributed by atoms with van der Waals surface area (Å²) in [6, 6.07) is 7.43. The number of rotatable bonds is 4. The maximum absolute atomic E-state index is 13.2. The minimum atomic E-state index is -0.894. The molecule has 1 aromatic carbocycles. The summed E-state index contributed by atoms with van der Waals surface area (Å²) in [4.78, 5) is 27.7. The summed E-state index contributed by atoms with van der Waals surface area (Å²) in [6.45, 7) is 7.28. The second-order valence-electron chi connectivity index (χ2n) is 9.00. The largest absolute Gasteiger partial charge is 0.508 e. The predicted octanol–water partition coefficient (Wildman–Crippen LogP) is 5.56. The number of hydrogen-bond donors (Lipinski definition) is 2. The van der Waals surface area contributed by atoms with Crippen LogP contribution in [0.3, 0.4) is 0 Å². The van der Waals surface area contributed by atoms with E-state index in [1.165, 1.54) is 17.2 Å². The van der Waals surface area contributed by atoms with E-state index in [4.69, 9.17) is 0 Å². The Morgan fingerprint density at radius 1 is 1.15 bits per heavy atom. The molecule has 1 unspecified atom stereocenters. The summed E-state index contributed by atoms with van der Waals surface area (Å²) in [5, 5.41) is 24.5. The molecule has 2 aromatic rings. The summed E-state index contributed by atoms with van der Waals surface area (Å²) in [6.07, 6.45) is 12.3. The first-order valence-electron chi connectivity index (χ1n) is 11.2. The van der Waals surface area contributed by atoms with Crippen molar-refractivity contribution in [3.63, 3.8) is 0 Å². The number of hydrogen-bond acceptors (Lipinski definition) is 6. The Morgan fingerprint density at radius 3 is 2.44 bits per heavy atom. The third kappa shape index (κ3) is 5.20. The molecular weight excluding hydrogens is 432 g/mol. The highest BCUT2D eigenvalue weighted by Crippen LogP contribution is 2.45. The number of allylic oxidation sites excluding steroid dienone is 5. The summed E-state index contributed by atoms with van der Waals surface area (Å²) in [5.41, 5.74) is 1.36. The van der Waals surface area contributed by atoms with Crippen LogP contribution in [0, 0.1) is 5.41 Å². The molecule has 0 spiro atoms. The molecule has 2 heterocycles. The van der Waals surface area contributed by atoms with E-state index in [-0.39, 0.29) is 17.1 Å². The molecule has 178 valence electrons. The molecule has 0 saturated heterocycles. The zero-order valence-electron chi connectivity index (χ0n) is 19.9. The number of aromatic hydroxyl groups is 1. The van der Waals surface area contributed by atoms with Crippen LogP contribution in [0.15, 0.2) is 94.2 Å². The number of benzene rings is 1. The number of amides is 1. The first kappa shape index (κ1) is 24.8. The van der Waals surface area contributed by atoms with E-state index in [0.29, 0.717) is 17.7 Å². The van der Waals surface area contributed by atoms with E-state index < -0.39 is 23.1 Å². The number of para-hydroxylation sites is 1. The number of Topliss-reactive ketones (excluding diaryl/α,β-unsaturated/α-hetero) is 1. The van der Waals surface area contributed by atoms with Crippen molar-refractivity contribution in [2.45, 2.75) is 46.6 Å². The highest BCUT2D eigenvalue weighted by atomic mass is 16.5. The van der Waals surface area contributed by atoms with Crippen molar-refractivity contribution < 1.29 is 24.3 Å². The Kier molecular flexibility index (Phi) is 7.56. The molecule has 34 heavy (non-hydrogen) atoms. The molecule has 1 amide bonds. The molecule has 7 heteroatoms. The minimum absolute atomic E-state index is 0.0196. The van der Waals surface area contributed by atoms with Gasteiger partial charge in [-0.3, -0.25) is 14.5 Å². The van der Waals surface area contributed by atoms with Crippen LogP contribution >= 0.6 is 0 Å². The van der Waals surface area contributed by atoms with Crippen LogP contribution < -0.4 is 0 Å². The van der Waals surface area contributed by atoms with Crippen LogP contribution in [0.4, 0.5) is 0 Å². The first-order chi connectivity index (χ1) is 16.2. The van der Waals surface area contributed by atoms with E-state index in [1.807, 2.05) is 18.2 Å². The van der Waals surface area contributed by atoms with Crippen LogP contribution in [0.1, 0.15) is 52.1 Å². The number of phenols is 1. The number of phenolic OH excluding ortho intramolecular Hbond substituents is 1. The monoisotopic (exact) mass is 462 g/mol. The fraction of sp³-hybridized carbons (Fsp3) is 0.296. The van der Waals surface area contributed by atoms with E-state index in [0.717, 1.165) is 12.0 Å². The van der Waals surface area contributed by atoms with Crippen LogP contribution in [0.2, 0.25) is 0 Å². The van der Waals surface area contributed by atoms with Gasteiger partial charge in [0.2, 0.25) is 0 Å². The molecule has 0 fully saturated rings. The van der Waals surface area contributed by atoms with Gasteiger partial charge in [-0.15, -0.1) is 0 Å². The standard InChI is InChI=1S/C24H27NO4.C3H3NO/c1-5-15-9-8-10-16(14-13-15)25-20(17-11-6-7-12-18(17)26)19(21(27)23(25)29)22(28)24(2,3)4;1-2-4-5-3-1/h6-7,9-14,20,26-27H,5,8H2,1-4H3;1-3H. The molecule has 1 aliphatic heterocycles. The van der Waals surface area contributed by atoms with Crippen LogP contribution in [-0.4, -0.2) is 32.0 Å². The topological polar surface area (TPSA) is 104 Å². The molecule has 4 rings (SSSR count). The van der Waals surface area contributed by atoms with Gasteiger partial charge in [-0.05, 0) is 31.1 Å². The maximum atomic E-state index is 13.2. The number of ketones is 1. The highest BCUT2D eigenvalue weighted by molar-refractivity contribution is 6.11. The molecule has 1 atom stereocenters. The van der Waals surface area contributed by atoms with Gasteiger partial charge in [0.25, 0.3) is 5.91 Å². The predicted molar refractivity (Wildman–Crippen MR) is 129 cm³/mol. The second kappa shape index (κ2) is 10.4. The summed E-state index contributed by atoms with van der Waals surface area (Å²) in [5.74, 6) is -1.55. The van der Waals surface area contributed by atoms with Crippen LogP contribution in [-0.2, 0) is 9.59 Å². The van der Waals surface area contributed by atoms with Gasteiger partial charge in [0.05, 0.1) is 17.8 Å². The Labute approximate surface area is 199 Å². The Bertz CT molecular complexity index is 1150. The number of carbonyl (C=O) groups is 2. The SMILES string of the molecule is CCC1=CCC=C(N2C(=O)C(O)=C(C(=O)C(C)(C)C)C2c2ccccc2O)C=C1.c1cnoc1. The number of aliphatic hydroxyl groups is 1. The average Bonchev–Trinajstić information content (AvgIpc) is 3.39. The fourth-order valence-electron chi connectivity index (χ4n) is 3.80. The molecule has 0 radical (unpaired) electrons. The van der Waals surface area contributed by atoms with Crippen molar-refractivity contribution in [1.29, 1.82) is 0 Å². The number of nitrogens with zero attached hydrogens (tertiary/aromatic N) is 2. The molecule has 2 N–H and O–H groups in total. The van der Waals surface area contributed by atoms with E-state index >= 15 is 0 Å². The zero-order chi connectivity index (χ0) is 24.9. The van der Waals surface area contributed by atoms with Gasteiger partial charge in [0.15, 0.2) is 11.5 Å². The van der Waals surface area contributed by atoms with Gasteiger partial charge in [0.1, 0.15) is 12.0 Å². The molecular formula is C27H30N2O5. The van der Waals surface area contributed by atoms with E-state index in [1.54, 1.807) is 51.2 Å². The summed E-state index contributed by atoms with van der Waals surface area (Å²) < 4.78 is 4.33. The highest BCUT2D eigenvalue weighted by Gasteiger charge is 2.47. The first-order valence-corrected chi connectivity index (χ1v) is 11.2. The minimum Gasteiger partial charge on any atom is -0.508 e. The average molecular weight is 463 g/mol. The Hall–Kier alpha value is -3.87. The van der Waals surface area contributed by atoms with Crippen molar-refractivity contribution in [2.24, 2.45) is 5.41 Å². The Balaban J connectivity index is 0.000000574. The van der Waals surface area contributed by atoms with Gasteiger partial charge in [0, 0.05) is 16.7 Å². The number of aromatic nitrogens is 1. The zero-order valence-corrected chi connectivity index (χ0v) is 19.9. The van der Waals surface area contributed by atoms with Crippen molar-refractivity contribution in [3.05, 3.63) is 95.3 Å². The lowest BCUT2D eigenvalue weighted by atomic mass is 9.82. The van der Waals surface area contributed by atoms with Gasteiger partial charge in [-0.25, -0.2) is 0 Å². The van der Waals surface area contributed by atoms with E-state index in [2.05, 4.69) is 22.7 Å². The third-order valence-corrected chi connectivity index (χ3v) is 5.57. The van der Waals surface area contributed by atoms with Crippen molar-refractivity contribution in [1.82, 2.24) is 10.1 Å². The lowest BCUT2D eigenvalue weighted by molar-refractivity contribution is -0.127. The van der Waals surface area contributed by atoms with Crippen molar-refractivity contribution in [2.75, 3.05) is 0 Å².